The Morgan fingerprint density at radius 1 is 1.04 bits per heavy atom. The molecule has 146 valence electrons. The van der Waals surface area contributed by atoms with Crippen molar-refractivity contribution in [2.24, 2.45) is 0 Å². The summed E-state index contributed by atoms with van der Waals surface area (Å²) in [6.45, 7) is 1.66. The van der Waals surface area contributed by atoms with Crippen LogP contribution in [-0.4, -0.2) is 41.4 Å². The molecular weight excluding hydrogens is 354 g/mol. The van der Waals surface area contributed by atoms with Gasteiger partial charge in [-0.15, -0.1) is 0 Å². The van der Waals surface area contributed by atoms with Gasteiger partial charge >= 0.3 is 6.03 Å². The zero-order valence-corrected chi connectivity index (χ0v) is 15.9. The Kier molecular flexibility index (Phi) is 6.42. The molecule has 3 rings (SSSR count). The second kappa shape index (κ2) is 9.17. The molecule has 0 saturated carbocycles. The van der Waals surface area contributed by atoms with E-state index in [4.69, 9.17) is 0 Å². The lowest BCUT2D eigenvalue weighted by Crippen LogP contribution is -2.44. The lowest BCUT2D eigenvalue weighted by Gasteiger charge is -2.17. The summed E-state index contributed by atoms with van der Waals surface area (Å²) in [4.78, 5) is 37.9. The molecule has 6 heteroatoms. The highest BCUT2D eigenvalue weighted by Crippen LogP contribution is 2.12. The summed E-state index contributed by atoms with van der Waals surface area (Å²) >= 11 is 0. The van der Waals surface area contributed by atoms with Crippen molar-refractivity contribution >= 4 is 17.8 Å². The van der Waals surface area contributed by atoms with Gasteiger partial charge in [0.1, 0.15) is 12.6 Å². The quantitative estimate of drug-likeness (QED) is 0.691. The summed E-state index contributed by atoms with van der Waals surface area (Å²) in [6.07, 6.45) is 2.05. The standard InChI is InChI=1S/C22H25N3O3/c1-16(12-13-17-8-4-2-5-9-17)23-20(26)15-25-21(27)19(24-22(25)28)14-18-10-6-3-7-11-18/h2-11,16,19H,12-15H2,1H3,(H,23,26)(H,24,28)/t16-,19+/m1/s1. The maximum Gasteiger partial charge on any atom is 0.325 e. The number of amides is 4. The molecule has 4 amide bonds. The van der Waals surface area contributed by atoms with E-state index in [-0.39, 0.29) is 24.4 Å². The van der Waals surface area contributed by atoms with Gasteiger partial charge in [0.05, 0.1) is 0 Å². The summed E-state index contributed by atoms with van der Waals surface area (Å²) in [5, 5.41) is 5.53. The molecule has 0 bridgehead atoms. The third kappa shape index (κ3) is 5.19. The van der Waals surface area contributed by atoms with Gasteiger partial charge in [0.25, 0.3) is 5.91 Å². The highest BCUT2D eigenvalue weighted by Gasteiger charge is 2.38. The maximum atomic E-state index is 12.5. The van der Waals surface area contributed by atoms with Crippen LogP contribution in [0.1, 0.15) is 24.5 Å². The Morgan fingerprint density at radius 2 is 1.64 bits per heavy atom. The number of rotatable bonds is 8. The lowest BCUT2D eigenvalue weighted by atomic mass is 10.1. The zero-order valence-electron chi connectivity index (χ0n) is 15.9. The van der Waals surface area contributed by atoms with Crippen LogP contribution in [0, 0.1) is 0 Å². The number of hydrogen-bond acceptors (Lipinski definition) is 3. The van der Waals surface area contributed by atoms with E-state index < -0.39 is 12.1 Å². The van der Waals surface area contributed by atoms with Gasteiger partial charge in [-0.2, -0.15) is 0 Å². The molecule has 2 N–H and O–H groups in total. The van der Waals surface area contributed by atoms with E-state index in [1.54, 1.807) is 0 Å². The number of hydrogen-bond donors (Lipinski definition) is 2. The van der Waals surface area contributed by atoms with Crippen molar-refractivity contribution in [2.45, 2.75) is 38.3 Å². The van der Waals surface area contributed by atoms with Crippen molar-refractivity contribution in [3.8, 4) is 0 Å². The number of carbonyl (C=O) groups excluding carboxylic acids is 3. The van der Waals surface area contributed by atoms with Gasteiger partial charge in [-0.25, -0.2) is 4.79 Å². The van der Waals surface area contributed by atoms with Crippen LogP contribution in [0.15, 0.2) is 60.7 Å². The molecule has 2 aromatic rings. The number of benzene rings is 2. The zero-order chi connectivity index (χ0) is 19.9. The molecule has 2 atom stereocenters. The van der Waals surface area contributed by atoms with Crippen LogP contribution in [0.4, 0.5) is 4.79 Å². The number of nitrogens with one attached hydrogen (secondary N) is 2. The SMILES string of the molecule is C[C@H](CCc1ccccc1)NC(=O)CN1C(=O)N[C@@H](Cc2ccccc2)C1=O. The largest absolute Gasteiger partial charge is 0.352 e. The number of nitrogens with zero attached hydrogens (tertiary/aromatic N) is 1. The minimum atomic E-state index is -0.627. The third-order valence-electron chi connectivity index (χ3n) is 4.81. The van der Waals surface area contributed by atoms with E-state index >= 15 is 0 Å². The Balaban J connectivity index is 1.47. The van der Waals surface area contributed by atoms with Crippen LogP contribution in [0.2, 0.25) is 0 Å². The average Bonchev–Trinajstić information content (AvgIpc) is 2.95. The van der Waals surface area contributed by atoms with E-state index in [1.165, 1.54) is 5.56 Å². The fourth-order valence-corrected chi connectivity index (χ4v) is 3.28. The van der Waals surface area contributed by atoms with Crippen molar-refractivity contribution in [1.29, 1.82) is 0 Å². The van der Waals surface area contributed by atoms with E-state index in [0.717, 1.165) is 23.3 Å². The van der Waals surface area contributed by atoms with Gasteiger partial charge in [-0.1, -0.05) is 60.7 Å². The van der Waals surface area contributed by atoms with Crippen molar-refractivity contribution in [3.63, 3.8) is 0 Å². The Bertz CT molecular complexity index is 823. The Morgan fingerprint density at radius 3 is 2.29 bits per heavy atom. The molecule has 0 unspecified atom stereocenters. The predicted octanol–water partition coefficient (Wildman–Crippen LogP) is 2.29. The summed E-state index contributed by atoms with van der Waals surface area (Å²) in [5.74, 6) is -0.689. The van der Waals surface area contributed by atoms with Crippen LogP contribution in [0.5, 0.6) is 0 Å². The maximum absolute atomic E-state index is 12.5. The van der Waals surface area contributed by atoms with Crippen LogP contribution < -0.4 is 10.6 Å². The van der Waals surface area contributed by atoms with E-state index in [0.29, 0.717) is 6.42 Å². The first kappa shape index (κ1) is 19.6. The first-order valence-electron chi connectivity index (χ1n) is 9.52. The molecule has 1 fully saturated rings. The van der Waals surface area contributed by atoms with Crippen molar-refractivity contribution in [1.82, 2.24) is 15.5 Å². The fraction of sp³-hybridized carbons (Fsp3) is 0.318. The van der Waals surface area contributed by atoms with Crippen LogP contribution >= 0.6 is 0 Å². The molecule has 6 nitrogen and oxygen atoms in total. The molecule has 1 aliphatic heterocycles. The molecule has 0 aromatic heterocycles. The molecule has 28 heavy (non-hydrogen) atoms. The first-order valence-corrected chi connectivity index (χ1v) is 9.52. The molecule has 2 aromatic carbocycles. The first-order chi connectivity index (χ1) is 13.5. The topological polar surface area (TPSA) is 78.5 Å². The fourth-order valence-electron chi connectivity index (χ4n) is 3.28. The minimum Gasteiger partial charge on any atom is -0.352 e. The van der Waals surface area contributed by atoms with Gasteiger partial charge in [0.2, 0.25) is 5.91 Å². The van der Waals surface area contributed by atoms with Crippen LogP contribution in [0.25, 0.3) is 0 Å². The predicted molar refractivity (Wildman–Crippen MR) is 107 cm³/mol. The monoisotopic (exact) mass is 379 g/mol. The van der Waals surface area contributed by atoms with Crippen LogP contribution in [0.3, 0.4) is 0 Å². The van der Waals surface area contributed by atoms with Crippen LogP contribution in [-0.2, 0) is 22.4 Å². The molecule has 0 spiro atoms. The van der Waals surface area contributed by atoms with Crippen molar-refractivity contribution in [3.05, 3.63) is 71.8 Å². The van der Waals surface area contributed by atoms with Crippen molar-refractivity contribution < 1.29 is 14.4 Å². The summed E-state index contributed by atoms with van der Waals surface area (Å²) in [6, 6.07) is 18.3. The van der Waals surface area contributed by atoms with E-state index in [1.807, 2.05) is 55.5 Å². The normalized spacial score (nSPS) is 17.3. The van der Waals surface area contributed by atoms with E-state index in [9.17, 15) is 14.4 Å². The Hall–Kier alpha value is -3.15. The van der Waals surface area contributed by atoms with Gasteiger partial charge < -0.3 is 10.6 Å². The highest BCUT2D eigenvalue weighted by atomic mass is 16.2. The second-order valence-corrected chi connectivity index (χ2v) is 7.11. The molecule has 0 radical (unpaired) electrons. The molecule has 1 aliphatic rings. The molecular formula is C22H25N3O3. The number of aryl methyl sites for hydroxylation is 1. The van der Waals surface area contributed by atoms with Gasteiger partial charge in [-0.05, 0) is 30.9 Å². The smallest absolute Gasteiger partial charge is 0.325 e. The molecule has 0 aliphatic carbocycles. The third-order valence-corrected chi connectivity index (χ3v) is 4.81. The number of carbonyl (C=O) groups is 3. The number of imide groups is 1. The minimum absolute atomic E-state index is 0.0476. The average molecular weight is 379 g/mol. The summed E-state index contributed by atoms with van der Waals surface area (Å²) in [7, 11) is 0. The molecule has 1 saturated heterocycles. The lowest BCUT2D eigenvalue weighted by molar-refractivity contribution is -0.132. The molecule has 1 heterocycles. The van der Waals surface area contributed by atoms with Gasteiger partial charge in [-0.3, -0.25) is 14.5 Å². The number of urea groups is 1. The highest BCUT2D eigenvalue weighted by molar-refractivity contribution is 6.06. The second-order valence-electron chi connectivity index (χ2n) is 7.11. The van der Waals surface area contributed by atoms with Crippen molar-refractivity contribution in [2.75, 3.05) is 6.54 Å². The summed E-state index contributed by atoms with van der Waals surface area (Å²) in [5.41, 5.74) is 2.17. The van der Waals surface area contributed by atoms with Gasteiger partial charge in [0, 0.05) is 12.5 Å². The summed E-state index contributed by atoms with van der Waals surface area (Å²) < 4.78 is 0. The van der Waals surface area contributed by atoms with Gasteiger partial charge in [0.15, 0.2) is 0 Å². The Labute approximate surface area is 164 Å². The van der Waals surface area contributed by atoms with E-state index in [2.05, 4.69) is 22.8 Å².